The monoisotopic (exact) mass is 465 g/mol. The summed E-state index contributed by atoms with van der Waals surface area (Å²) in [5, 5.41) is 7.95. The van der Waals surface area contributed by atoms with Crippen LogP contribution in [0, 0.1) is 5.41 Å². The maximum Gasteiger partial charge on any atom is 0.232 e. The van der Waals surface area contributed by atoms with Crippen molar-refractivity contribution >= 4 is 34.9 Å². The number of rotatable bonds is 5. The molecule has 7 nitrogen and oxygen atoms in total. The zero-order valence-electron chi connectivity index (χ0n) is 19.5. The molecule has 1 aromatic carbocycles. The fourth-order valence-electron chi connectivity index (χ4n) is 4.16. The molecule has 4 rings (SSSR count). The number of hydrogen-bond acceptors (Lipinski definition) is 4. The van der Waals surface area contributed by atoms with Gasteiger partial charge in [0, 0.05) is 49.2 Å². The number of nitrogens with zero attached hydrogens (tertiary/aromatic N) is 4. The van der Waals surface area contributed by atoms with Crippen molar-refractivity contribution in [1.29, 1.82) is 0 Å². The van der Waals surface area contributed by atoms with Crippen molar-refractivity contribution < 1.29 is 9.59 Å². The molecular formula is C25H28ClN5O2. The molecule has 0 saturated carbocycles. The first-order valence-electron chi connectivity index (χ1n) is 10.9. The summed E-state index contributed by atoms with van der Waals surface area (Å²) in [5.41, 5.74) is 4.61. The predicted molar refractivity (Wildman–Crippen MR) is 131 cm³/mol. The molecule has 0 unspecified atom stereocenters. The fourth-order valence-corrected chi connectivity index (χ4v) is 4.36. The van der Waals surface area contributed by atoms with Crippen LogP contribution in [0.25, 0.3) is 11.1 Å². The standard InChI is InChI=1S/C25H28ClN5O2/c1-15(17-7-6-8-18(9-17)30(5)16(2)32)24(33)29-23-10-19(21(26)13-27-23)20-12-28-31-14-25(3,4)11-22(20)31/h6-10,12-13,15H,11,14H2,1-5H3,(H,27,29,33)/t15-/m0/s1. The molecule has 0 spiro atoms. The van der Waals surface area contributed by atoms with Crippen molar-refractivity contribution in [3.05, 3.63) is 59.0 Å². The van der Waals surface area contributed by atoms with Gasteiger partial charge in [-0.1, -0.05) is 37.6 Å². The highest BCUT2D eigenvalue weighted by Gasteiger charge is 2.32. The Kier molecular flexibility index (Phi) is 6.01. The number of anilines is 2. The Morgan fingerprint density at radius 3 is 2.70 bits per heavy atom. The van der Waals surface area contributed by atoms with Crippen LogP contribution >= 0.6 is 11.6 Å². The topological polar surface area (TPSA) is 80.1 Å². The SMILES string of the molecule is CC(=O)N(C)c1cccc([C@H](C)C(=O)Nc2cc(-c3cnn4c3CC(C)(C)C4)c(Cl)cn2)c1. The molecule has 3 heterocycles. The van der Waals surface area contributed by atoms with Crippen LogP contribution in [0.5, 0.6) is 0 Å². The van der Waals surface area contributed by atoms with Crippen LogP contribution in [0.1, 0.15) is 44.9 Å². The zero-order valence-corrected chi connectivity index (χ0v) is 20.3. The lowest BCUT2D eigenvalue weighted by Crippen LogP contribution is -2.23. The lowest BCUT2D eigenvalue weighted by molar-refractivity contribution is -0.117. The van der Waals surface area contributed by atoms with Crippen molar-refractivity contribution in [2.75, 3.05) is 17.3 Å². The average molecular weight is 466 g/mol. The predicted octanol–water partition coefficient (Wildman–Crippen LogP) is 4.91. The third-order valence-corrected chi connectivity index (χ3v) is 6.49. The van der Waals surface area contributed by atoms with Crippen LogP contribution in [0.4, 0.5) is 11.5 Å². The molecule has 8 heteroatoms. The van der Waals surface area contributed by atoms with Crippen molar-refractivity contribution in [2.45, 2.75) is 46.6 Å². The second kappa shape index (κ2) is 8.63. The summed E-state index contributed by atoms with van der Waals surface area (Å²) in [5.74, 6) is -0.273. The van der Waals surface area contributed by atoms with Crippen LogP contribution in [-0.4, -0.2) is 33.6 Å². The van der Waals surface area contributed by atoms with Gasteiger partial charge < -0.3 is 10.2 Å². The van der Waals surface area contributed by atoms with Crippen LogP contribution < -0.4 is 10.2 Å². The van der Waals surface area contributed by atoms with Gasteiger partial charge in [-0.3, -0.25) is 14.3 Å². The Balaban J connectivity index is 1.56. The van der Waals surface area contributed by atoms with E-state index in [1.165, 1.54) is 6.92 Å². The molecule has 3 aromatic rings. The van der Waals surface area contributed by atoms with Gasteiger partial charge in [-0.15, -0.1) is 0 Å². The second-order valence-corrected chi connectivity index (χ2v) is 9.84. The highest BCUT2D eigenvalue weighted by atomic mass is 35.5. The Bertz CT molecular complexity index is 1230. The minimum atomic E-state index is -0.438. The number of fused-ring (bicyclic) bond motifs is 1. The fraction of sp³-hybridized carbons (Fsp3) is 0.360. The molecule has 172 valence electrons. The number of nitrogens with one attached hydrogen (secondary N) is 1. The number of carbonyl (C=O) groups is 2. The molecule has 0 radical (unpaired) electrons. The molecule has 1 atom stereocenters. The smallest absolute Gasteiger partial charge is 0.232 e. The van der Waals surface area contributed by atoms with E-state index in [1.54, 1.807) is 24.2 Å². The first-order chi connectivity index (χ1) is 15.6. The first kappa shape index (κ1) is 23.0. The third-order valence-electron chi connectivity index (χ3n) is 6.19. The number of aromatic nitrogens is 3. The van der Waals surface area contributed by atoms with Crippen LogP contribution in [0.15, 0.2) is 42.7 Å². The lowest BCUT2D eigenvalue weighted by atomic mass is 9.89. The molecular weight excluding hydrogens is 438 g/mol. The summed E-state index contributed by atoms with van der Waals surface area (Å²) in [6.45, 7) is 8.63. The van der Waals surface area contributed by atoms with E-state index >= 15 is 0 Å². The molecule has 0 bridgehead atoms. The van der Waals surface area contributed by atoms with Crippen LogP contribution in [0.3, 0.4) is 0 Å². The van der Waals surface area contributed by atoms with E-state index in [2.05, 4.69) is 29.2 Å². The number of hydrogen-bond donors (Lipinski definition) is 1. The quantitative estimate of drug-likeness (QED) is 0.580. The third kappa shape index (κ3) is 4.64. The number of pyridine rings is 1. The number of amides is 2. The zero-order chi connectivity index (χ0) is 23.9. The van der Waals surface area contributed by atoms with Gasteiger partial charge in [-0.25, -0.2) is 4.98 Å². The largest absolute Gasteiger partial charge is 0.316 e. The number of carbonyl (C=O) groups excluding carboxylic acids is 2. The van der Waals surface area contributed by atoms with Gasteiger partial charge >= 0.3 is 0 Å². The molecule has 1 aliphatic heterocycles. The highest BCUT2D eigenvalue weighted by Crippen LogP contribution is 2.39. The molecule has 2 aromatic heterocycles. The number of benzene rings is 1. The molecule has 1 aliphatic rings. The molecule has 0 fully saturated rings. The summed E-state index contributed by atoms with van der Waals surface area (Å²) in [7, 11) is 1.71. The van der Waals surface area contributed by atoms with Crippen LogP contribution in [0.2, 0.25) is 5.02 Å². The van der Waals surface area contributed by atoms with Crippen LogP contribution in [-0.2, 0) is 22.6 Å². The minimum Gasteiger partial charge on any atom is -0.316 e. The van der Waals surface area contributed by atoms with Gasteiger partial charge in [-0.2, -0.15) is 5.10 Å². The van der Waals surface area contributed by atoms with Gasteiger partial charge in [0.05, 0.1) is 17.1 Å². The Morgan fingerprint density at radius 2 is 1.97 bits per heavy atom. The van der Waals surface area contributed by atoms with Crippen molar-refractivity contribution in [3.63, 3.8) is 0 Å². The lowest BCUT2D eigenvalue weighted by Gasteiger charge is -2.18. The minimum absolute atomic E-state index is 0.0720. The van der Waals surface area contributed by atoms with E-state index in [0.717, 1.165) is 41.0 Å². The summed E-state index contributed by atoms with van der Waals surface area (Å²) in [4.78, 5) is 30.5. The Hall–Kier alpha value is -3.19. The van der Waals surface area contributed by atoms with E-state index in [0.29, 0.717) is 10.8 Å². The molecule has 0 aliphatic carbocycles. The highest BCUT2D eigenvalue weighted by molar-refractivity contribution is 6.33. The van der Waals surface area contributed by atoms with Gasteiger partial charge in [0.2, 0.25) is 11.8 Å². The molecule has 2 amide bonds. The van der Waals surface area contributed by atoms with E-state index < -0.39 is 5.92 Å². The Labute approximate surface area is 198 Å². The maximum atomic E-state index is 13.0. The number of halogens is 1. The van der Waals surface area contributed by atoms with Crippen molar-refractivity contribution in [2.24, 2.45) is 5.41 Å². The van der Waals surface area contributed by atoms with E-state index in [4.69, 9.17) is 11.6 Å². The normalized spacial score (nSPS) is 15.1. The summed E-state index contributed by atoms with van der Waals surface area (Å²) >= 11 is 6.48. The van der Waals surface area contributed by atoms with Crippen molar-refractivity contribution in [1.82, 2.24) is 14.8 Å². The Morgan fingerprint density at radius 1 is 1.21 bits per heavy atom. The summed E-state index contributed by atoms with van der Waals surface area (Å²) in [6.07, 6.45) is 4.30. The average Bonchev–Trinajstić information content (AvgIpc) is 3.28. The van der Waals surface area contributed by atoms with Crippen molar-refractivity contribution in [3.8, 4) is 11.1 Å². The maximum absolute atomic E-state index is 13.0. The van der Waals surface area contributed by atoms with Gasteiger partial charge in [0.25, 0.3) is 0 Å². The molecule has 1 N–H and O–H groups in total. The van der Waals surface area contributed by atoms with Gasteiger partial charge in [0.1, 0.15) is 5.82 Å². The molecule has 0 saturated heterocycles. The first-order valence-corrected chi connectivity index (χ1v) is 11.3. The van der Waals surface area contributed by atoms with E-state index in [9.17, 15) is 9.59 Å². The molecule has 33 heavy (non-hydrogen) atoms. The summed E-state index contributed by atoms with van der Waals surface area (Å²) in [6, 6.07) is 9.21. The van der Waals surface area contributed by atoms with E-state index in [1.807, 2.05) is 42.1 Å². The van der Waals surface area contributed by atoms with Gasteiger partial charge in [-0.05, 0) is 42.5 Å². The van der Waals surface area contributed by atoms with Gasteiger partial charge in [0.15, 0.2) is 0 Å². The van der Waals surface area contributed by atoms with E-state index in [-0.39, 0.29) is 17.2 Å². The second-order valence-electron chi connectivity index (χ2n) is 9.44. The summed E-state index contributed by atoms with van der Waals surface area (Å²) < 4.78 is 2.03.